The fourth-order valence-corrected chi connectivity index (χ4v) is 7.17. The molecule has 2 aromatic heterocycles. The first kappa shape index (κ1) is 22.7. The highest BCUT2D eigenvalue weighted by molar-refractivity contribution is 5.77. The lowest BCUT2D eigenvalue weighted by molar-refractivity contribution is 0.610. The predicted octanol–water partition coefficient (Wildman–Crippen LogP) is 5.96. The molecule has 4 aromatic rings. The zero-order valence-electron chi connectivity index (χ0n) is 22.0. The van der Waals surface area contributed by atoms with Gasteiger partial charge in [0, 0.05) is 22.5 Å². The molecule has 0 bridgehead atoms. The highest BCUT2D eigenvalue weighted by Gasteiger charge is 2.26. The van der Waals surface area contributed by atoms with E-state index in [2.05, 4.69) is 57.0 Å². The number of nitrogens with zero attached hydrogens (tertiary/aromatic N) is 2. The fraction of sp³-hybridized carbons (Fsp3) is 0.438. The molecule has 2 fully saturated rings. The van der Waals surface area contributed by atoms with Crippen LogP contribution in [-0.4, -0.2) is 33.0 Å². The maximum absolute atomic E-state index is 5.12. The first-order valence-corrected chi connectivity index (χ1v) is 14.7. The van der Waals surface area contributed by atoms with Gasteiger partial charge in [-0.1, -0.05) is 36.4 Å². The van der Waals surface area contributed by atoms with Crippen molar-refractivity contribution in [2.75, 3.05) is 13.1 Å². The van der Waals surface area contributed by atoms with Gasteiger partial charge in [-0.15, -0.1) is 0 Å². The number of benzene rings is 2. The van der Waals surface area contributed by atoms with Crippen LogP contribution in [0.25, 0.3) is 33.6 Å². The van der Waals surface area contributed by atoms with E-state index in [-0.39, 0.29) is 0 Å². The molecule has 4 aliphatic rings. The van der Waals surface area contributed by atoms with E-state index in [9.17, 15) is 0 Å². The molecule has 2 aliphatic carbocycles. The van der Waals surface area contributed by atoms with Gasteiger partial charge < -0.3 is 20.6 Å². The minimum Gasteiger partial charge on any atom is -0.344 e. The van der Waals surface area contributed by atoms with Gasteiger partial charge in [-0.2, -0.15) is 0 Å². The molecule has 4 N–H and O–H groups in total. The highest BCUT2D eigenvalue weighted by Crippen LogP contribution is 2.38. The van der Waals surface area contributed by atoms with E-state index in [1.165, 1.54) is 81.8 Å². The van der Waals surface area contributed by atoms with Crippen LogP contribution in [0.15, 0.2) is 36.4 Å². The van der Waals surface area contributed by atoms with Crippen LogP contribution in [0.1, 0.15) is 84.8 Å². The van der Waals surface area contributed by atoms with Crippen molar-refractivity contribution < 1.29 is 0 Å². The van der Waals surface area contributed by atoms with Crippen molar-refractivity contribution >= 4 is 0 Å². The van der Waals surface area contributed by atoms with E-state index in [1.807, 2.05) is 0 Å². The Morgan fingerprint density at radius 2 is 1.08 bits per heavy atom. The third-order valence-electron chi connectivity index (χ3n) is 9.17. The number of imidazole rings is 2. The summed E-state index contributed by atoms with van der Waals surface area (Å²) in [6.07, 6.45) is 11.5. The van der Waals surface area contributed by atoms with Gasteiger partial charge in [0.2, 0.25) is 0 Å². The Morgan fingerprint density at radius 3 is 1.53 bits per heavy atom. The Kier molecular flexibility index (Phi) is 5.51. The van der Waals surface area contributed by atoms with Crippen molar-refractivity contribution in [2.24, 2.45) is 0 Å². The first-order valence-electron chi connectivity index (χ1n) is 14.7. The van der Waals surface area contributed by atoms with E-state index < -0.39 is 0 Å². The zero-order chi connectivity index (χ0) is 25.1. The molecule has 6 heteroatoms. The number of nitrogens with one attached hydrogen (secondary N) is 4. The molecule has 0 spiro atoms. The Balaban J connectivity index is 1.13. The summed E-state index contributed by atoms with van der Waals surface area (Å²) in [7, 11) is 0. The number of hydrogen-bond donors (Lipinski definition) is 4. The van der Waals surface area contributed by atoms with Crippen LogP contribution in [0.3, 0.4) is 0 Å². The average molecular weight is 505 g/mol. The molecule has 0 saturated carbocycles. The normalized spacial score (nSPS) is 22.3. The van der Waals surface area contributed by atoms with E-state index in [1.54, 1.807) is 0 Å². The van der Waals surface area contributed by atoms with Crippen LogP contribution in [0.2, 0.25) is 0 Å². The van der Waals surface area contributed by atoms with Crippen LogP contribution in [0.4, 0.5) is 0 Å². The second-order valence-corrected chi connectivity index (χ2v) is 11.6. The van der Waals surface area contributed by atoms with E-state index >= 15 is 0 Å². The molecule has 4 heterocycles. The zero-order valence-corrected chi connectivity index (χ0v) is 22.0. The van der Waals surface area contributed by atoms with Crippen molar-refractivity contribution in [1.82, 2.24) is 30.6 Å². The number of aromatic nitrogens is 4. The van der Waals surface area contributed by atoms with Crippen molar-refractivity contribution in [3.8, 4) is 33.6 Å². The third-order valence-corrected chi connectivity index (χ3v) is 9.17. The van der Waals surface area contributed by atoms with Crippen molar-refractivity contribution in [3.05, 3.63) is 70.6 Å². The molecule has 2 aliphatic heterocycles. The van der Waals surface area contributed by atoms with Crippen LogP contribution < -0.4 is 10.6 Å². The fourth-order valence-electron chi connectivity index (χ4n) is 7.17. The monoisotopic (exact) mass is 504 g/mol. The Labute approximate surface area is 224 Å². The molecule has 8 rings (SSSR count). The lowest BCUT2D eigenvalue weighted by atomic mass is 9.93. The standard InChI is InChI=1S/C32H36N6/c1-5-21-17-19(11-13-23(21)29-25(7-1)35-31(37-29)27-9-3-15-33-27)20-12-14-24-22(18-20)6-2-8-26-30(24)38-32(36-26)28-10-4-16-34-28/h11-14,17-18,27-28,33-34H,1-10,15-16H2,(H,35,37)(H,36,38)/t27-,28-/m0/s1. The van der Waals surface area contributed by atoms with E-state index in [0.29, 0.717) is 12.1 Å². The topological polar surface area (TPSA) is 81.4 Å². The van der Waals surface area contributed by atoms with Gasteiger partial charge in [-0.05, 0) is 99.6 Å². The van der Waals surface area contributed by atoms with Crippen LogP contribution in [0, 0.1) is 0 Å². The lowest BCUT2D eigenvalue weighted by Crippen LogP contribution is -2.14. The number of fused-ring (bicyclic) bond motifs is 6. The quantitative estimate of drug-likeness (QED) is 0.277. The third kappa shape index (κ3) is 3.85. The van der Waals surface area contributed by atoms with Crippen molar-refractivity contribution in [1.29, 1.82) is 0 Å². The van der Waals surface area contributed by atoms with Crippen LogP contribution >= 0.6 is 0 Å². The minimum atomic E-state index is 0.379. The van der Waals surface area contributed by atoms with Crippen LogP contribution in [0.5, 0.6) is 0 Å². The second-order valence-electron chi connectivity index (χ2n) is 11.6. The number of hydrogen-bond acceptors (Lipinski definition) is 4. The summed E-state index contributed by atoms with van der Waals surface area (Å²) >= 11 is 0. The number of aromatic amines is 2. The number of H-pyrrole nitrogens is 2. The Hall–Kier alpha value is -3.22. The SMILES string of the molecule is c1cc2c(cc1-c1ccc3c(c1)CCCc1[nH]c([C@@H]4CCCN4)nc1-3)CCCc1[nH]c([C@@H]3CCCN3)nc1-2. The number of rotatable bonds is 3. The van der Waals surface area contributed by atoms with Gasteiger partial charge in [0.25, 0.3) is 0 Å². The van der Waals surface area contributed by atoms with Gasteiger partial charge in [0.15, 0.2) is 0 Å². The second kappa shape index (κ2) is 9.21. The molecule has 6 nitrogen and oxygen atoms in total. The van der Waals surface area contributed by atoms with Crippen molar-refractivity contribution in [2.45, 2.75) is 76.3 Å². The molecular formula is C32H36N6. The molecule has 2 saturated heterocycles. The van der Waals surface area contributed by atoms with Crippen molar-refractivity contribution in [3.63, 3.8) is 0 Å². The predicted molar refractivity (Wildman–Crippen MR) is 151 cm³/mol. The summed E-state index contributed by atoms with van der Waals surface area (Å²) in [4.78, 5) is 17.6. The maximum Gasteiger partial charge on any atom is 0.124 e. The summed E-state index contributed by atoms with van der Waals surface area (Å²) < 4.78 is 0. The Bertz CT molecular complexity index is 1380. The molecule has 38 heavy (non-hydrogen) atoms. The minimum absolute atomic E-state index is 0.379. The highest BCUT2D eigenvalue weighted by atomic mass is 15.1. The molecule has 2 atom stereocenters. The molecule has 0 radical (unpaired) electrons. The van der Waals surface area contributed by atoms with Gasteiger partial charge in [-0.3, -0.25) is 0 Å². The summed E-state index contributed by atoms with van der Waals surface area (Å²) in [5, 5.41) is 7.20. The van der Waals surface area contributed by atoms with Gasteiger partial charge in [-0.25, -0.2) is 9.97 Å². The summed E-state index contributed by atoms with van der Waals surface area (Å²) in [6.45, 7) is 2.19. The molecular weight excluding hydrogens is 468 g/mol. The summed E-state index contributed by atoms with van der Waals surface area (Å²) in [5.41, 5.74) is 13.1. The summed E-state index contributed by atoms with van der Waals surface area (Å²) in [6, 6.07) is 14.9. The number of aryl methyl sites for hydroxylation is 4. The van der Waals surface area contributed by atoms with Gasteiger partial charge in [0.05, 0.1) is 23.5 Å². The largest absolute Gasteiger partial charge is 0.344 e. The van der Waals surface area contributed by atoms with E-state index in [4.69, 9.17) is 9.97 Å². The first-order chi connectivity index (χ1) is 18.8. The summed E-state index contributed by atoms with van der Waals surface area (Å²) in [5.74, 6) is 2.25. The van der Waals surface area contributed by atoms with Gasteiger partial charge >= 0.3 is 0 Å². The molecule has 194 valence electrons. The van der Waals surface area contributed by atoms with Gasteiger partial charge in [0.1, 0.15) is 11.6 Å². The average Bonchev–Trinajstić information content (AvgIpc) is 3.74. The molecule has 0 unspecified atom stereocenters. The molecule has 2 aromatic carbocycles. The Morgan fingerprint density at radius 1 is 0.579 bits per heavy atom. The smallest absolute Gasteiger partial charge is 0.124 e. The van der Waals surface area contributed by atoms with Crippen LogP contribution in [-0.2, 0) is 25.7 Å². The molecule has 0 amide bonds. The lowest BCUT2D eigenvalue weighted by Gasteiger charge is -2.12. The van der Waals surface area contributed by atoms with E-state index in [0.717, 1.165) is 63.3 Å². The maximum atomic E-state index is 5.12.